The van der Waals surface area contributed by atoms with Gasteiger partial charge in [-0.2, -0.15) is 4.31 Å². The van der Waals surface area contributed by atoms with Crippen molar-refractivity contribution in [2.75, 3.05) is 13.1 Å². The first-order valence-corrected chi connectivity index (χ1v) is 12.6. The van der Waals surface area contributed by atoms with Crippen molar-refractivity contribution in [3.63, 3.8) is 0 Å². The van der Waals surface area contributed by atoms with Gasteiger partial charge in [0.25, 0.3) is 0 Å². The third kappa shape index (κ3) is 4.44. The highest BCUT2D eigenvalue weighted by molar-refractivity contribution is 7.89. The van der Waals surface area contributed by atoms with E-state index in [2.05, 4.69) is 0 Å². The minimum Gasteiger partial charge on any atom is -0.461 e. The van der Waals surface area contributed by atoms with Crippen LogP contribution in [0.3, 0.4) is 0 Å². The first kappa shape index (κ1) is 23.2. The Labute approximate surface area is 200 Å². The number of esters is 1. The van der Waals surface area contributed by atoms with Gasteiger partial charge in [-0.05, 0) is 41.8 Å². The first-order chi connectivity index (χ1) is 16.8. The lowest BCUT2D eigenvalue weighted by atomic mass is 9.98. The summed E-state index contributed by atoms with van der Waals surface area (Å²) in [6.07, 6.45) is 0.514. The average Bonchev–Trinajstić information content (AvgIpc) is 2.87. The van der Waals surface area contributed by atoms with Crippen molar-refractivity contribution in [3.05, 3.63) is 88.5 Å². The lowest BCUT2D eigenvalue weighted by Crippen LogP contribution is -2.40. The third-order valence-electron chi connectivity index (χ3n) is 6.33. The molecule has 1 saturated heterocycles. The summed E-state index contributed by atoms with van der Waals surface area (Å²) in [7, 11) is -3.99. The molecule has 0 amide bonds. The Hall–Kier alpha value is -3.56. The van der Waals surface area contributed by atoms with Crippen molar-refractivity contribution in [3.8, 4) is 0 Å². The van der Waals surface area contributed by atoms with Gasteiger partial charge in [0, 0.05) is 30.1 Å². The predicted molar refractivity (Wildman–Crippen MR) is 128 cm³/mol. The highest BCUT2D eigenvalue weighted by Crippen LogP contribution is 2.29. The van der Waals surface area contributed by atoms with Gasteiger partial charge in [-0.3, -0.25) is 4.79 Å². The van der Waals surface area contributed by atoms with E-state index in [4.69, 9.17) is 9.15 Å². The Morgan fingerprint density at radius 3 is 2.51 bits per heavy atom. The molecule has 9 heteroatoms. The fraction of sp³-hybridized carbons (Fsp3) is 0.231. The zero-order valence-electron chi connectivity index (χ0n) is 18.6. The fourth-order valence-electron chi connectivity index (χ4n) is 4.53. The number of carbonyl (C=O) groups is 1. The van der Waals surface area contributed by atoms with E-state index in [9.17, 15) is 22.4 Å². The van der Waals surface area contributed by atoms with Crippen LogP contribution < -0.4 is 5.63 Å². The maximum Gasteiger partial charge on any atom is 0.336 e. The standard InChI is InChI=1S/C26H22FNO6S/c27-21-7-3-4-8-23(21)35(31,32)28-13-11-18(12-14-28)26(30)33-16-19-15-24(29)34-22-10-9-17-5-1-2-6-20(17)25(19)22/h1-10,15,18H,11-14,16H2. The van der Waals surface area contributed by atoms with Gasteiger partial charge in [-0.25, -0.2) is 17.6 Å². The maximum absolute atomic E-state index is 14.0. The van der Waals surface area contributed by atoms with Gasteiger partial charge in [0.2, 0.25) is 10.0 Å². The van der Waals surface area contributed by atoms with E-state index in [0.29, 0.717) is 16.5 Å². The number of fused-ring (bicyclic) bond motifs is 3. The minimum absolute atomic E-state index is 0.0823. The van der Waals surface area contributed by atoms with Gasteiger partial charge in [0.1, 0.15) is 22.9 Å². The maximum atomic E-state index is 14.0. The molecule has 4 aromatic rings. The lowest BCUT2D eigenvalue weighted by Gasteiger charge is -2.30. The second-order valence-electron chi connectivity index (χ2n) is 8.47. The van der Waals surface area contributed by atoms with Crippen LogP contribution in [0, 0.1) is 11.7 Å². The summed E-state index contributed by atoms with van der Waals surface area (Å²) < 4.78 is 51.7. The molecule has 1 aliphatic heterocycles. The van der Waals surface area contributed by atoms with Gasteiger partial charge >= 0.3 is 11.6 Å². The number of rotatable bonds is 5. The van der Waals surface area contributed by atoms with Crippen LogP contribution in [-0.4, -0.2) is 31.8 Å². The summed E-state index contributed by atoms with van der Waals surface area (Å²) in [5, 5.41) is 2.55. The Bertz CT molecular complexity index is 1590. The number of piperidine rings is 1. The lowest BCUT2D eigenvalue weighted by molar-refractivity contribution is -0.151. The van der Waals surface area contributed by atoms with Gasteiger partial charge < -0.3 is 9.15 Å². The van der Waals surface area contributed by atoms with Crippen molar-refractivity contribution in [1.82, 2.24) is 4.31 Å². The molecule has 180 valence electrons. The average molecular weight is 496 g/mol. The molecule has 7 nitrogen and oxygen atoms in total. The molecule has 1 fully saturated rings. The van der Waals surface area contributed by atoms with E-state index in [1.807, 2.05) is 30.3 Å². The van der Waals surface area contributed by atoms with Crippen molar-refractivity contribution >= 4 is 37.7 Å². The van der Waals surface area contributed by atoms with Crippen LogP contribution in [0.1, 0.15) is 18.4 Å². The number of nitrogens with zero attached hydrogens (tertiary/aromatic N) is 1. The molecule has 0 aliphatic carbocycles. The molecule has 2 heterocycles. The molecule has 0 atom stereocenters. The van der Waals surface area contributed by atoms with Gasteiger partial charge in [-0.15, -0.1) is 0 Å². The molecule has 0 radical (unpaired) electrons. The third-order valence-corrected chi connectivity index (χ3v) is 8.26. The molecular formula is C26H22FNO6S. The minimum atomic E-state index is -3.99. The zero-order valence-corrected chi connectivity index (χ0v) is 19.5. The van der Waals surface area contributed by atoms with E-state index < -0.39 is 33.4 Å². The Kier molecular flexibility index (Phi) is 6.12. The molecule has 0 unspecified atom stereocenters. The second kappa shape index (κ2) is 9.24. The predicted octanol–water partition coefficient (Wildman–Crippen LogP) is 4.23. The molecule has 3 aromatic carbocycles. The van der Waals surface area contributed by atoms with Crippen molar-refractivity contribution in [2.24, 2.45) is 5.92 Å². The monoisotopic (exact) mass is 495 g/mol. The summed E-state index contributed by atoms with van der Waals surface area (Å²) in [6.45, 7) is 0.0561. The fourth-order valence-corrected chi connectivity index (χ4v) is 6.06. The van der Waals surface area contributed by atoms with E-state index in [0.717, 1.165) is 16.8 Å². The van der Waals surface area contributed by atoms with E-state index in [-0.39, 0.29) is 37.4 Å². The van der Waals surface area contributed by atoms with Crippen LogP contribution in [0.4, 0.5) is 4.39 Å². The summed E-state index contributed by atoms with van der Waals surface area (Å²) >= 11 is 0. The van der Waals surface area contributed by atoms with Crippen LogP contribution in [-0.2, 0) is 26.2 Å². The normalized spacial score (nSPS) is 15.5. The van der Waals surface area contributed by atoms with Crippen molar-refractivity contribution in [1.29, 1.82) is 0 Å². The van der Waals surface area contributed by atoms with Crippen molar-refractivity contribution < 1.29 is 26.8 Å². The molecule has 0 bridgehead atoms. The van der Waals surface area contributed by atoms with Crippen LogP contribution in [0.5, 0.6) is 0 Å². The number of ether oxygens (including phenoxy) is 1. The number of hydrogen-bond acceptors (Lipinski definition) is 6. The zero-order chi connectivity index (χ0) is 24.6. The SMILES string of the molecule is O=C(OCc1cc(=O)oc2ccc3ccccc3c12)C1CCN(S(=O)(=O)c2ccccc2F)CC1. The molecule has 0 N–H and O–H groups in total. The van der Waals surface area contributed by atoms with Crippen LogP contribution in [0.2, 0.25) is 0 Å². The van der Waals surface area contributed by atoms with Gasteiger partial charge in [0.05, 0.1) is 5.92 Å². The topological polar surface area (TPSA) is 93.9 Å². The summed E-state index contributed by atoms with van der Waals surface area (Å²) in [6, 6.07) is 17.8. The molecule has 1 aromatic heterocycles. The summed E-state index contributed by atoms with van der Waals surface area (Å²) in [5.74, 6) is -1.76. The van der Waals surface area contributed by atoms with Gasteiger partial charge in [-0.1, -0.05) is 42.5 Å². The molecule has 0 spiro atoms. The summed E-state index contributed by atoms with van der Waals surface area (Å²) in [5.41, 5.74) is 0.417. The van der Waals surface area contributed by atoms with E-state index in [1.165, 1.54) is 28.6 Å². The Balaban J connectivity index is 1.30. The van der Waals surface area contributed by atoms with Crippen LogP contribution >= 0.6 is 0 Å². The van der Waals surface area contributed by atoms with E-state index in [1.54, 1.807) is 6.07 Å². The molecule has 35 heavy (non-hydrogen) atoms. The molecule has 1 aliphatic rings. The summed E-state index contributed by atoms with van der Waals surface area (Å²) in [4.78, 5) is 24.5. The van der Waals surface area contributed by atoms with Crippen LogP contribution in [0.25, 0.3) is 21.7 Å². The van der Waals surface area contributed by atoms with Crippen molar-refractivity contribution in [2.45, 2.75) is 24.3 Å². The Morgan fingerprint density at radius 1 is 1.03 bits per heavy atom. The molecular weight excluding hydrogens is 473 g/mol. The largest absolute Gasteiger partial charge is 0.461 e. The number of benzene rings is 3. The van der Waals surface area contributed by atoms with Crippen LogP contribution in [0.15, 0.2) is 80.8 Å². The smallest absolute Gasteiger partial charge is 0.336 e. The molecule has 0 saturated carbocycles. The Morgan fingerprint density at radius 2 is 1.74 bits per heavy atom. The number of halogens is 1. The van der Waals surface area contributed by atoms with Gasteiger partial charge in [0.15, 0.2) is 0 Å². The second-order valence-corrected chi connectivity index (χ2v) is 10.4. The number of carbonyl (C=O) groups excluding carboxylic acids is 1. The van der Waals surface area contributed by atoms with E-state index >= 15 is 0 Å². The first-order valence-electron chi connectivity index (χ1n) is 11.2. The highest BCUT2D eigenvalue weighted by atomic mass is 32.2. The quantitative estimate of drug-likeness (QED) is 0.234. The molecule has 5 rings (SSSR count). The number of sulfonamides is 1. The number of hydrogen-bond donors (Lipinski definition) is 0. The highest BCUT2D eigenvalue weighted by Gasteiger charge is 2.34.